The van der Waals surface area contributed by atoms with Gasteiger partial charge < -0.3 is 14.5 Å². The molecule has 30 heavy (non-hydrogen) atoms. The number of ether oxygens (including phenoxy) is 1. The van der Waals surface area contributed by atoms with Gasteiger partial charge in [0.1, 0.15) is 6.54 Å². The number of rotatable bonds is 8. The van der Waals surface area contributed by atoms with Gasteiger partial charge in [-0.2, -0.15) is 0 Å². The number of unbranched alkanes of at least 4 members (excludes halogenated alkanes) is 1. The number of fused-ring (bicyclic) bond motifs is 1. The van der Waals surface area contributed by atoms with E-state index in [0.717, 1.165) is 23.5 Å². The summed E-state index contributed by atoms with van der Waals surface area (Å²) in [6.45, 7) is 2.00. The quantitative estimate of drug-likeness (QED) is 0.259. The van der Waals surface area contributed by atoms with Crippen molar-refractivity contribution in [2.24, 2.45) is 0 Å². The van der Waals surface area contributed by atoms with E-state index in [-0.39, 0.29) is 23.3 Å². The van der Waals surface area contributed by atoms with E-state index in [0.29, 0.717) is 17.9 Å². The predicted octanol–water partition coefficient (Wildman–Crippen LogP) is 3.10. The van der Waals surface area contributed by atoms with Crippen molar-refractivity contribution in [1.29, 1.82) is 0 Å². The zero-order valence-electron chi connectivity index (χ0n) is 16.1. The van der Waals surface area contributed by atoms with Crippen LogP contribution in [-0.4, -0.2) is 28.0 Å². The largest absolute Gasteiger partial charge is 0.462 e. The summed E-state index contributed by atoms with van der Waals surface area (Å²) in [7, 11) is 0. The van der Waals surface area contributed by atoms with Crippen molar-refractivity contribution < 1.29 is 23.7 Å². The Morgan fingerprint density at radius 2 is 1.93 bits per heavy atom. The molecular weight excluding hydrogens is 394 g/mol. The van der Waals surface area contributed by atoms with Crippen molar-refractivity contribution >= 4 is 34.4 Å². The Labute approximate surface area is 170 Å². The smallest absolute Gasteiger partial charge is 0.420 e. The standard InChI is InChI=1S/C20H19N3O7/c1-2-3-10-29-19(25)13-4-6-14(7-5-13)21-18(24)12-22-16-9-8-15(23(27)28)11-17(16)30-20(22)26/h4-9,11H,2-3,10,12H2,1H3,(H,21,24). The third kappa shape index (κ3) is 4.72. The highest BCUT2D eigenvalue weighted by atomic mass is 16.6. The Hall–Kier alpha value is -3.95. The summed E-state index contributed by atoms with van der Waals surface area (Å²) < 4.78 is 11.2. The number of anilines is 1. The molecule has 0 spiro atoms. The van der Waals surface area contributed by atoms with Gasteiger partial charge >= 0.3 is 11.7 Å². The molecule has 0 aliphatic carbocycles. The Morgan fingerprint density at radius 3 is 2.60 bits per heavy atom. The van der Waals surface area contributed by atoms with Gasteiger partial charge in [0.15, 0.2) is 5.58 Å². The number of carbonyl (C=O) groups is 2. The van der Waals surface area contributed by atoms with Crippen LogP contribution in [0.5, 0.6) is 0 Å². The molecule has 0 unspecified atom stereocenters. The number of carbonyl (C=O) groups excluding carboxylic acids is 2. The van der Waals surface area contributed by atoms with Crippen molar-refractivity contribution in [1.82, 2.24) is 4.57 Å². The molecule has 2 aromatic carbocycles. The maximum absolute atomic E-state index is 12.3. The maximum Gasteiger partial charge on any atom is 0.420 e. The summed E-state index contributed by atoms with van der Waals surface area (Å²) >= 11 is 0. The fourth-order valence-corrected chi connectivity index (χ4v) is 2.74. The van der Waals surface area contributed by atoms with Crippen LogP contribution in [0.3, 0.4) is 0 Å². The van der Waals surface area contributed by atoms with Crippen LogP contribution in [0.2, 0.25) is 0 Å². The number of nitro benzene ring substituents is 1. The van der Waals surface area contributed by atoms with E-state index < -0.39 is 22.6 Å². The summed E-state index contributed by atoms with van der Waals surface area (Å²) in [5.41, 5.74) is 0.865. The fraction of sp³-hybridized carbons (Fsp3) is 0.250. The fourth-order valence-electron chi connectivity index (χ4n) is 2.74. The van der Waals surface area contributed by atoms with Gasteiger partial charge in [-0.25, -0.2) is 9.59 Å². The highest BCUT2D eigenvalue weighted by molar-refractivity contribution is 5.93. The van der Waals surface area contributed by atoms with Gasteiger partial charge in [0.05, 0.1) is 28.7 Å². The normalized spacial score (nSPS) is 10.7. The number of non-ortho nitro benzene ring substituents is 1. The molecule has 0 atom stereocenters. The molecule has 3 rings (SSSR count). The van der Waals surface area contributed by atoms with E-state index in [1.165, 1.54) is 24.3 Å². The number of hydrogen-bond donors (Lipinski definition) is 1. The zero-order chi connectivity index (χ0) is 21.7. The summed E-state index contributed by atoms with van der Waals surface area (Å²) in [6.07, 6.45) is 1.71. The first-order valence-corrected chi connectivity index (χ1v) is 9.24. The Kier molecular flexibility index (Phi) is 6.26. The van der Waals surface area contributed by atoms with Crippen LogP contribution in [-0.2, 0) is 16.1 Å². The predicted molar refractivity (Wildman–Crippen MR) is 107 cm³/mol. The molecule has 0 fully saturated rings. The van der Waals surface area contributed by atoms with E-state index in [9.17, 15) is 24.5 Å². The van der Waals surface area contributed by atoms with Gasteiger partial charge in [-0.15, -0.1) is 0 Å². The average Bonchev–Trinajstić information content (AvgIpc) is 3.03. The lowest BCUT2D eigenvalue weighted by molar-refractivity contribution is -0.384. The van der Waals surface area contributed by atoms with Crippen LogP contribution in [0.4, 0.5) is 11.4 Å². The Bertz CT molecular complexity index is 1150. The molecule has 10 heteroatoms. The number of aromatic nitrogens is 1. The van der Waals surface area contributed by atoms with Crippen molar-refractivity contribution in [2.75, 3.05) is 11.9 Å². The van der Waals surface area contributed by atoms with E-state index in [2.05, 4.69) is 5.32 Å². The Balaban J connectivity index is 1.67. The van der Waals surface area contributed by atoms with Crippen molar-refractivity contribution in [2.45, 2.75) is 26.3 Å². The molecule has 0 bridgehead atoms. The van der Waals surface area contributed by atoms with Crippen molar-refractivity contribution in [3.05, 3.63) is 68.7 Å². The molecule has 0 radical (unpaired) electrons. The molecule has 0 aliphatic heterocycles. The van der Waals surface area contributed by atoms with Gasteiger partial charge in [0.2, 0.25) is 5.91 Å². The number of amides is 1. The van der Waals surface area contributed by atoms with Gasteiger partial charge in [0.25, 0.3) is 5.69 Å². The van der Waals surface area contributed by atoms with Gasteiger partial charge in [-0.1, -0.05) is 13.3 Å². The number of nitro groups is 1. The van der Waals surface area contributed by atoms with Crippen LogP contribution in [0.25, 0.3) is 11.1 Å². The summed E-state index contributed by atoms with van der Waals surface area (Å²) in [6, 6.07) is 9.87. The van der Waals surface area contributed by atoms with Crippen LogP contribution in [0, 0.1) is 10.1 Å². The summed E-state index contributed by atoms with van der Waals surface area (Å²) in [5.74, 6) is -1.74. The van der Waals surface area contributed by atoms with Crippen LogP contribution < -0.4 is 11.1 Å². The lowest BCUT2D eigenvalue weighted by Crippen LogP contribution is -2.24. The van der Waals surface area contributed by atoms with Crippen LogP contribution in [0.1, 0.15) is 30.1 Å². The Morgan fingerprint density at radius 1 is 1.20 bits per heavy atom. The molecule has 0 saturated heterocycles. The van der Waals surface area contributed by atoms with E-state index in [4.69, 9.17) is 9.15 Å². The molecule has 1 N–H and O–H groups in total. The molecule has 1 aromatic heterocycles. The average molecular weight is 413 g/mol. The lowest BCUT2D eigenvalue weighted by Gasteiger charge is -2.07. The lowest BCUT2D eigenvalue weighted by atomic mass is 10.2. The topological polar surface area (TPSA) is 134 Å². The molecule has 3 aromatic rings. The van der Waals surface area contributed by atoms with E-state index in [1.807, 2.05) is 6.92 Å². The van der Waals surface area contributed by atoms with E-state index >= 15 is 0 Å². The first-order chi connectivity index (χ1) is 14.4. The van der Waals surface area contributed by atoms with Gasteiger partial charge in [-0.3, -0.25) is 19.5 Å². The number of nitrogens with one attached hydrogen (secondary N) is 1. The summed E-state index contributed by atoms with van der Waals surface area (Å²) in [5, 5.41) is 13.5. The first-order valence-electron chi connectivity index (χ1n) is 9.24. The molecular formula is C20H19N3O7. The second-order valence-corrected chi connectivity index (χ2v) is 6.48. The summed E-state index contributed by atoms with van der Waals surface area (Å²) in [4.78, 5) is 46.5. The molecule has 10 nitrogen and oxygen atoms in total. The number of nitrogens with zero attached hydrogens (tertiary/aromatic N) is 2. The molecule has 1 heterocycles. The first kappa shape index (κ1) is 20.8. The third-order valence-electron chi connectivity index (χ3n) is 4.30. The maximum atomic E-state index is 12.3. The molecule has 0 saturated carbocycles. The minimum absolute atomic E-state index is 0.0212. The van der Waals surface area contributed by atoms with Crippen molar-refractivity contribution in [3.8, 4) is 0 Å². The third-order valence-corrected chi connectivity index (χ3v) is 4.30. The van der Waals surface area contributed by atoms with Crippen molar-refractivity contribution in [3.63, 3.8) is 0 Å². The van der Waals surface area contributed by atoms with Gasteiger partial charge in [0, 0.05) is 11.8 Å². The molecule has 1 amide bonds. The number of oxazole rings is 1. The second-order valence-electron chi connectivity index (χ2n) is 6.48. The second kappa shape index (κ2) is 9.03. The number of hydrogen-bond acceptors (Lipinski definition) is 7. The number of esters is 1. The van der Waals surface area contributed by atoms with Gasteiger partial charge in [-0.05, 0) is 36.8 Å². The minimum atomic E-state index is -0.800. The SMILES string of the molecule is CCCCOC(=O)c1ccc(NC(=O)Cn2c(=O)oc3cc([N+](=O)[O-])ccc32)cc1. The minimum Gasteiger partial charge on any atom is -0.462 e. The van der Waals surface area contributed by atoms with Crippen LogP contribution >= 0.6 is 0 Å². The monoisotopic (exact) mass is 413 g/mol. The highest BCUT2D eigenvalue weighted by Gasteiger charge is 2.16. The highest BCUT2D eigenvalue weighted by Crippen LogP contribution is 2.20. The zero-order valence-corrected chi connectivity index (χ0v) is 16.1. The molecule has 156 valence electrons. The van der Waals surface area contributed by atoms with Crippen LogP contribution in [0.15, 0.2) is 51.7 Å². The van der Waals surface area contributed by atoms with E-state index in [1.54, 1.807) is 12.1 Å². The molecule has 0 aliphatic rings. The number of benzene rings is 2.